The second-order valence-electron chi connectivity index (χ2n) is 10.3. The Balaban J connectivity index is 1.38. The van der Waals surface area contributed by atoms with E-state index in [1.807, 2.05) is 85.8 Å². The molecule has 1 aliphatic heterocycles. The Labute approximate surface area is 255 Å². The largest absolute Gasteiger partial charge is 0.497 e. The lowest BCUT2D eigenvalue weighted by Crippen LogP contribution is -2.29. The number of thiocarbonyl (C=S) groups is 1. The molecule has 0 saturated carbocycles. The summed E-state index contributed by atoms with van der Waals surface area (Å²) in [5, 5.41) is 13.5. The molecule has 3 aromatic carbocycles. The summed E-state index contributed by atoms with van der Waals surface area (Å²) in [5.74, 6) is 1.23. The zero-order valence-corrected chi connectivity index (χ0v) is 24.7. The van der Waals surface area contributed by atoms with Gasteiger partial charge in [-0.3, -0.25) is 4.98 Å². The molecule has 8 nitrogen and oxygen atoms in total. The van der Waals surface area contributed by atoms with Crippen molar-refractivity contribution in [2.75, 3.05) is 12.0 Å². The number of pyridine rings is 1. The molecule has 5 aromatic rings. The number of aromatic nitrogens is 2. The number of rotatable bonds is 8. The zero-order valence-electron chi connectivity index (χ0n) is 23.9. The molecule has 6 rings (SSSR count). The maximum absolute atomic E-state index is 11.4. The molecular formula is C34H30N4O4S. The van der Waals surface area contributed by atoms with E-state index in [0.29, 0.717) is 16.6 Å². The number of nitrogens with one attached hydrogen (secondary N) is 1. The highest BCUT2D eigenvalue weighted by Crippen LogP contribution is 2.44. The molecule has 0 bridgehead atoms. The summed E-state index contributed by atoms with van der Waals surface area (Å²) in [6.45, 7) is 4.13. The van der Waals surface area contributed by atoms with Crippen molar-refractivity contribution < 1.29 is 19.4 Å². The monoisotopic (exact) mass is 590 g/mol. The minimum absolute atomic E-state index is 0.200. The zero-order chi connectivity index (χ0) is 30.1. The summed E-state index contributed by atoms with van der Waals surface area (Å²) in [6.07, 6.45) is 1.79. The normalized spacial score (nSPS) is 16.2. The number of anilines is 1. The van der Waals surface area contributed by atoms with Crippen LogP contribution in [0.3, 0.4) is 0 Å². The highest BCUT2D eigenvalue weighted by atomic mass is 32.1. The minimum Gasteiger partial charge on any atom is -0.497 e. The van der Waals surface area contributed by atoms with E-state index in [2.05, 4.69) is 32.8 Å². The van der Waals surface area contributed by atoms with Crippen LogP contribution in [-0.2, 0) is 0 Å². The van der Waals surface area contributed by atoms with E-state index in [4.69, 9.17) is 21.7 Å². The summed E-state index contributed by atoms with van der Waals surface area (Å²) >= 11 is 5.93. The first kappa shape index (κ1) is 28.0. The molecule has 2 aromatic heterocycles. The SMILES string of the molecule is COc1ccc(Oc2ccc(N3C(=S)N[C@H](c4ccccn4)[C@@H]3c3cc(C)n(-c4ccc(C(=O)O)cc4)c3C)cc2)cc1. The quantitative estimate of drug-likeness (QED) is 0.184. The van der Waals surface area contributed by atoms with Gasteiger partial charge in [0.15, 0.2) is 5.11 Å². The predicted molar refractivity (Wildman–Crippen MR) is 170 cm³/mol. The van der Waals surface area contributed by atoms with Gasteiger partial charge in [0, 0.05) is 29.0 Å². The maximum Gasteiger partial charge on any atom is 0.335 e. The van der Waals surface area contributed by atoms with Crippen LogP contribution in [0.25, 0.3) is 5.69 Å². The van der Waals surface area contributed by atoms with E-state index in [1.165, 1.54) is 0 Å². The molecule has 1 saturated heterocycles. The summed E-state index contributed by atoms with van der Waals surface area (Å²) < 4.78 is 13.4. The molecule has 0 amide bonds. The standard InChI is InChI=1S/C34H30N4O4S/c1-21-20-29(22(2)37(21)24-9-7-23(8-10-24)33(39)40)32-31(30-6-4-5-19-35-30)36-34(43)38(32)25-11-13-27(14-12-25)42-28-17-15-26(41-3)16-18-28/h4-20,31-32H,1-3H3,(H,36,43)(H,39,40)/t31-,32+/m1/s1. The lowest BCUT2D eigenvalue weighted by Gasteiger charge is -2.28. The third-order valence-electron chi connectivity index (χ3n) is 7.67. The molecule has 0 spiro atoms. The van der Waals surface area contributed by atoms with E-state index in [-0.39, 0.29) is 17.6 Å². The van der Waals surface area contributed by atoms with Gasteiger partial charge >= 0.3 is 5.97 Å². The fraction of sp³-hybridized carbons (Fsp3) is 0.147. The smallest absolute Gasteiger partial charge is 0.335 e. The van der Waals surface area contributed by atoms with Crippen LogP contribution in [0.2, 0.25) is 0 Å². The van der Waals surface area contributed by atoms with Crippen molar-refractivity contribution >= 4 is 29.0 Å². The van der Waals surface area contributed by atoms with Crippen molar-refractivity contribution in [3.8, 4) is 22.9 Å². The van der Waals surface area contributed by atoms with Crippen molar-refractivity contribution in [3.63, 3.8) is 0 Å². The summed E-state index contributed by atoms with van der Waals surface area (Å²) in [6, 6.07) is 29.9. The van der Waals surface area contributed by atoms with Gasteiger partial charge in [-0.15, -0.1) is 0 Å². The number of carboxylic acid groups (broad SMARTS) is 1. The molecule has 43 heavy (non-hydrogen) atoms. The van der Waals surface area contributed by atoms with Crippen LogP contribution in [0.4, 0.5) is 5.69 Å². The van der Waals surface area contributed by atoms with Crippen LogP contribution in [0.15, 0.2) is 103 Å². The molecule has 216 valence electrons. The van der Waals surface area contributed by atoms with Gasteiger partial charge in [0.05, 0.1) is 30.5 Å². The van der Waals surface area contributed by atoms with Gasteiger partial charge in [0.25, 0.3) is 0 Å². The summed E-state index contributed by atoms with van der Waals surface area (Å²) in [4.78, 5) is 18.2. The Morgan fingerprint density at radius 2 is 1.51 bits per heavy atom. The first-order valence-corrected chi connectivity index (χ1v) is 14.2. The van der Waals surface area contributed by atoms with Gasteiger partial charge in [0.1, 0.15) is 17.2 Å². The van der Waals surface area contributed by atoms with Crippen molar-refractivity contribution in [2.24, 2.45) is 0 Å². The van der Waals surface area contributed by atoms with Crippen LogP contribution in [0, 0.1) is 13.8 Å². The molecule has 0 aliphatic carbocycles. The highest BCUT2D eigenvalue weighted by Gasteiger charge is 2.42. The number of aryl methyl sites for hydroxylation is 1. The Bertz CT molecular complexity index is 1770. The van der Waals surface area contributed by atoms with Crippen molar-refractivity contribution in [2.45, 2.75) is 25.9 Å². The summed E-state index contributed by atoms with van der Waals surface area (Å²) in [7, 11) is 1.63. The topological polar surface area (TPSA) is 88.9 Å². The molecule has 0 radical (unpaired) electrons. The molecule has 1 fully saturated rings. The molecule has 1 aliphatic rings. The van der Waals surface area contributed by atoms with Crippen LogP contribution in [0.1, 0.15) is 45.1 Å². The average molecular weight is 591 g/mol. The number of hydrogen-bond acceptors (Lipinski definition) is 5. The van der Waals surface area contributed by atoms with Gasteiger partial charge in [-0.1, -0.05) is 6.07 Å². The average Bonchev–Trinajstić information content (AvgIpc) is 3.52. The second kappa shape index (κ2) is 11.6. The first-order chi connectivity index (χ1) is 20.8. The number of benzene rings is 3. The Morgan fingerprint density at radius 1 is 0.884 bits per heavy atom. The Hall–Kier alpha value is -5.15. The van der Waals surface area contributed by atoms with Crippen LogP contribution >= 0.6 is 12.2 Å². The number of methoxy groups -OCH3 is 1. The number of carbonyl (C=O) groups is 1. The predicted octanol–water partition coefficient (Wildman–Crippen LogP) is 7.17. The highest BCUT2D eigenvalue weighted by molar-refractivity contribution is 7.80. The van der Waals surface area contributed by atoms with Crippen molar-refractivity contribution in [1.29, 1.82) is 0 Å². The first-order valence-electron chi connectivity index (χ1n) is 13.8. The van der Waals surface area contributed by atoms with Gasteiger partial charge in [-0.2, -0.15) is 0 Å². The molecule has 0 unspecified atom stereocenters. The van der Waals surface area contributed by atoms with E-state index in [1.54, 1.807) is 25.4 Å². The molecule has 9 heteroatoms. The molecular weight excluding hydrogens is 560 g/mol. The number of nitrogens with zero attached hydrogens (tertiary/aromatic N) is 3. The van der Waals surface area contributed by atoms with E-state index < -0.39 is 5.97 Å². The minimum atomic E-state index is -0.951. The number of ether oxygens (including phenoxy) is 2. The van der Waals surface area contributed by atoms with Crippen LogP contribution in [-0.4, -0.2) is 32.8 Å². The van der Waals surface area contributed by atoms with Crippen molar-refractivity contribution in [1.82, 2.24) is 14.9 Å². The lowest BCUT2D eigenvalue weighted by atomic mass is 9.96. The third-order valence-corrected chi connectivity index (χ3v) is 7.98. The lowest BCUT2D eigenvalue weighted by molar-refractivity contribution is 0.0697. The van der Waals surface area contributed by atoms with Crippen LogP contribution in [0.5, 0.6) is 17.2 Å². The van der Waals surface area contributed by atoms with E-state index in [0.717, 1.165) is 39.8 Å². The fourth-order valence-corrected chi connectivity index (χ4v) is 5.99. The van der Waals surface area contributed by atoms with Gasteiger partial charge < -0.3 is 29.4 Å². The van der Waals surface area contributed by atoms with Gasteiger partial charge in [-0.05, 0) is 123 Å². The van der Waals surface area contributed by atoms with Gasteiger partial charge in [-0.25, -0.2) is 4.79 Å². The molecule has 2 N–H and O–H groups in total. The Morgan fingerprint density at radius 3 is 2.12 bits per heavy atom. The number of aromatic carboxylic acids is 1. The van der Waals surface area contributed by atoms with Gasteiger partial charge in [0.2, 0.25) is 0 Å². The number of carboxylic acids is 1. The Kier molecular flexibility index (Phi) is 7.56. The second-order valence-corrected chi connectivity index (χ2v) is 10.7. The number of hydrogen-bond donors (Lipinski definition) is 2. The fourth-order valence-electron chi connectivity index (χ4n) is 5.64. The molecule has 3 heterocycles. The van der Waals surface area contributed by atoms with Crippen LogP contribution < -0.4 is 19.7 Å². The van der Waals surface area contributed by atoms with E-state index in [9.17, 15) is 9.90 Å². The molecule has 2 atom stereocenters. The van der Waals surface area contributed by atoms with Crippen molar-refractivity contribution in [3.05, 3.63) is 131 Å². The third kappa shape index (κ3) is 5.42. The maximum atomic E-state index is 11.4. The summed E-state index contributed by atoms with van der Waals surface area (Å²) in [5.41, 5.74) is 6.07. The van der Waals surface area contributed by atoms with E-state index >= 15 is 0 Å².